The average Bonchev–Trinajstić information content (AvgIpc) is 2.20. The fourth-order valence-corrected chi connectivity index (χ4v) is 4.35. The Morgan fingerprint density at radius 2 is 1.94 bits per heavy atom. The molecule has 94 valence electrons. The van der Waals surface area contributed by atoms with Crippen LogP contribution in [0.25, 0.3) is 0 Å². The van der Waals surface area contributed by atoms with Crippen molar-refractivity contribution in [3.05, 3.63) is 0 Å². The van der Waals surface area contributed by atoms with Gasteiger partial charge in [0.25, 0.3) is 0 Å². The van der Waals surface area contributed by atoms with Gasteiger partial charge in [-0.2, -0.15) is 4.31 Å². The molecule has 0 aromatic heterocycles. The highest BCUT2D eigenvalue weighted by molar-refractivity contribution is 7.89. The van der Waals surface area contributed by atoms with Crippen LogP contribution in [0.2, 0.25) is 0 Å². The third kappa shape index (κ3) is 2.55. The van der Waals surface area contributed by atoms with Gasteiger partial charge in [-0.25, -0.2) is 8.42 Å². The average molecular weight is 249 g/mol. The number of hydrogen-bond donors (Lipinski definition) is 1. The number of hydrogen-bond acceptors (Lipinski definition) is 3. The third-order valence-corrected chi connectivity index (χ3v) is 4.75. The van der Waals surface area contributed by atoms with E-state index in [1.54, 1.807) is 20.8 Å². The van der Waals surface area contributed by atoms with Crippen LogP contribution in [0.1, 0.15) is 27.7 Å². The number of carbonyl (C=O) groups is 1. The molecule has 1 N–H and O–H groups in total. The van der Waals surface area contributed by atoms with E-state index in [9.17, 15) is 18.3 Å². The highest BCUT2D eigenvalue weighted by Gasteiger charge is 2.46. The molecule has 0 aromatic rings. The number of carboxylic acid groups (broad SMARTS) is 1. The van der Waals surface area contributed by atoms with Crippen molar-refractivity contribution in [1.29, 1.82) is 0 Å². The molecule has 1 rings (SSSR count). The lowest BCUT2D eigenvalue weighted by Gasteiger charge is -2.33. The van der Waals surface area contributed by atoms with Crippen molar-refractivity contribution in [2.45, 2.75) is 33.7 Å². The maximum absolute atomic E-state index is 11.8. The summed E-state index contributed by atoms with van der Waals surface area (Å²) in [5, 5.41) is 9.18. The standard InChI is InChI=1S/C10H19NO4S/c1-7-5-11(16(14,15)6-7)8(9(12)13)10(2,3)4/h7-8H,5-6H2,1-4H3,(H,12,13). The molecule has 1 fully saturated rings. The Kier molecular flexibility index (Phi) is 3.36. The van der Waals surface area contributed by atoms with Gasteiger partial charge < -0.3 is 5.11 Å². The summed E-state index contributed by atoms with van der Waals surface area (Å²) in [5.74, 6) is -1.04. The van der Waals surface area contributed by atoms with Crippen LogP contribution in [-0.4, -0.2) is 42.1 Å². The number of aliphatic carboxylic acids is 1. The van der Waals surface area contributed by atoms with Gasteiger partial charge in [0.2, 0.25) is 10.0 Å². The summed E-state index contributed by atoms with van der Waals surface area (Å²) in [6, 6.07) is -0.984. The molecular formula is C10H19NO4S. The SMILES string of the molecule is CC1CN(C(C(=O)O)C(C)(C)C)S(=O)(=O)C1. The Bertz CT molecular complexity index is 382. The van der Waals surface area contributed by atoms with Gasteiger partial charge in [-0.1, -0.05) is 27.7 Å². The zero-order chi connectivity index (χ0) is 12.7. The first-order valence-corrected chi connectivity index (χ1v) is 6.89. The van der Waals surface area contributed by atoms with Gasteiger partial charge in [0.15, 0.2) is 0 Å². The van der Waals surface area contributed by atoms with Crippen LogP contribution in [-0.2, 0) is 14.8 Å². The Labute approximate surface area is 96.5 Å². The predicted molar refractivity (Wildman–Crippen MR) is 60.5 cm³/mol. The minimum atomic E-state index is -3.41. The van der Waals surface area contributed by atoms with Gasteiger partial charge >= 0.3 is 5.97 Å². The van der Waals surface area contributed by atoms with E-state index in [0.717, 1.165) is 4.31 Å². The second-order valence-corrected chi connectivity index (χ2v) is 7.53. The first-order chi connectivity index (χ1) is 7.05. The van der Waals surface area contributed by atoms with E-state index >= 15 is 0 Å². The summed E-state index contributed by atoms with van der Waals surface area (Å²) in [5.41, 5.74) is -0.608. The van der Waals surface area contributed by atoms with Crippen LogP contribution in [0.5, 0.6) is 0 Å². The fourth-order valence-electron chi connectivity index (χ4n) is 2.12. The Morgan fingerprint density at radius 1 is 1.44 bits per heavy atom. The van der Waals surface area contributed by atoms with Crippen LogP contribution in [0, 0.1) is 11.3 Å². The van der Waals surface area contributed by atoms with E-state index in [1.165, 1.54) is 0 Å². The maximum Gasteiger partial charge on any atom is 0.322 e. The van der Waals surface area contributed by atoms with Gasteiger partial charge in [-0.15, -0.1) is 0 Å². The van der Waals surface area contributed by atoms with Crippen molar-refractivity contribution in [2.75, 3.05) is 12.3 Å². The van der Waals surface area contributed by atoms with Gasteiger partial charge in [0.1, 0.15) is 6.04 Å². The number of nitrogens with zero attached hydrogens (tertiary/aromatic N) is 1. The molecule has 0 aromatic carbocycles. The molecule has 0 spiro atoms. The van der Waals surface area contributed by atoms with E-state index in [-0.39, 0.29) is 11.7 Å². The minimum Gasteiger partial charge on any atom is -0.480 e. The smallest absolute Gasteiger partial charge is 0.322 e. The second kappa shape index (κ2) is 4.00. The molecular weight excluding hydrogens is 230 g/mol. The Hall–Kier alpha value is -0.620. The highest BCUT2D eigenvalue weighted by atomic mass is 32.2. The quantitative estimate of drug-likeness (QED) is 0.784. The highest BCUT2D eigenvalue weighted by Crippen LogP contribution is 2.31. The second-order valence-electron chi connectivity index (χ2n) is 5.56. The van der Waals surface area contributed by atoms with Crippen molar-refractivity contribution in [3.63, 3.8) is 0 Å². The van der Waals surface area contributed by atoms with Gasteiger partial charge in [0, 0.05) is 6.54 Å². The monoisotopic (exact) mass is 249 g/mol. The first kappa shape index (κ1) is 13.4. The molecule has 0 aliphatic carbocycles. The van der Waals surface area contributed by atoms with Crippen molar-refractivity contribution in [3.8, 4) is 0 Å². The molecule has 0 bridgehead atoms. The molecule has 2 unspecified atom stereocenters. The minimum absolute atomic E-state index is 0.00537. The molecule has 2 atom stereocenters. The molecule has 1 saturated heterocycles. The van der Waals surface area contributed by atoms with Crippen LogP contribution in [0.15, 0.2) is 0 Å². The van der Waals surface area contributed by atoms with Gasteiger partial charge in [-0.05, 0) is 11.3 Å². The van der Waals surface area contributed by atoms with Crippen molar-refractivity contribution in [1.82, 2.24) is 4.31 Å². The third-order valence-electron chi connectivity index (χ3n) is 2.69. The van der Waals surface area contributed by atoms with Crippen LogP contribution in [0.3, 0.4) is 0 Å². The Balaban J connectivity index is 3.11. The molecule has 5 nitrogen and oxygen atoms in total. The lowest BCUT2D eigenvalue weighted by atomic mass is 9.86. The predicted octanol–water partition coefficient (Wildman–Crippen LogP) is 0.767. The molecule has 0 saturated carbocycles. The lowest BCUT2D eigenvalue weighted by molar-refractivity contribution is -0.145. The Morgan fingerprint density at radius 3 is 2.19 bits per heavy atom. The molecule has 0 amide bonds. The van der Waals surface area contributed by atoms with Crippen molar-refractivity contribution in [2.24, 2.45) is 11.3 Å². The normalized spacial score (nSPS) is 27.9. The fraction of sp³-hybridized carbons (Fsp3) is 0.900. The maximum atomic E-state index is 11.8. The number of sulfonamides is 1. The zero-order valence-electron chi connectivity index (χ0n) is 10.1. The molecule has 16 heavy (non-hydrogen) atoms. The topological polar surface area (TPSA) is 74.7 Å². The molecule has 1 heterocycles. The van der Waals surface area contributed by atoms with Crippen molar-refractivity contribution < 1.29 is 18.3 Å². The zero-order valence-corrected chi connectivity index (χ0v) is 10.9. The van der Waals surface area contributed by atoms with E-state index < -0.39 is 27.4 Å². The summed E-state index contributed by atoms with van der Waals surface area (Å²) in [4.78, 5) is 11.2. The van der Waals surface area contributed by atoms with Crippen molar-refractivity contribution >= 4 is 16.0 Å². The molecule has 1 aliphatic heterocycles. The van der Waals surface area contributed by atoms with Gasteiger partial charge in [-0.3, -0.25) is 4.79 Å². The summed E-state index contributed by atoms with van der Waals surface area (Å²) in [6.45, 7) is 7.34. The number of carboxylic acids is 1. The molecule has 6 heteroatoms. The summed E-state index contributed by atoms with van der Waals surface area (Å²) < 4.78 is 24.8. The van der Waals surface area contributed by atoms with Crippen LogP contribution < -0.4 is 0 Å². The first-order valence-electron chi connectivity index (χ1n) is 5.28. The van der Waals surface area contributed by atoms with Crippen LogP contribution in [0.4, 0.5) is 0 Å². The van der Waals surface area contributed by atoms with E-state index in [2.05, 4.69) is 0 Å². The van der Waals surface area contributed by atoms with E-state index in [1.807, 2.05) is 6.92 Å². The van der Waals surface area contributed by atoms with E-state index in [0.29, 0.717) is 6.54 Å². The summed E-state index contributed by atoms with van der Waals surface area (Å²) in [7, 11) is -3.41. The lowest BCUT2D eigenvalue weighted by Crippen LogP contribution is -2.50. The largest absolute Gasteiger partial charge is 0.480 e. The van der Waals surface area contributed by atoms with E-state index in [4.69, 9.17) is 0 Å². The molecule has 0 radical (unpaired) electrons. The summed E-state index contributed by atoms with van der Waals surface area (Å²) >= 11 is 0. The number of rotatable bonds is 2. The van der Waals surface area contributed by atoms with Gasteiger partial charge in [0.05, 0.1) is 5.75 Å². The summed E-state index contributed by atoms with van der Waals surface area (Å²) in [6.07, 6.45) is 0. The molecule has 1 aliphatic rings. The van der Waals surface area contributed by atoms with Crippen LogP contribution >= 0.6 is 0 Å².